The van der Waals surface area contributed by atoms with Crippen LogP contribution in [-0.2, 0) is 0 Å². The van der Waals surface area contributed by atoms with Crippen LogP contribution in [-0.4, -0.2) is 22.3 Å². The Hall–Kier alpha value is -0.320. The summed E-state index contributed by atoms with van der Waals surface area (Å²) < 4.78 is 0. The van der Waals surface area contributed by atoms with Gasteiger partial charge in [0.2, 0.25) is 0 Å². The van der Waals surface area contributed by atoms with Crippen LogP contribution in [0.25, 0.3) is 0 Å². The molecule has 0 aromatic carbocycles. The lowest BCUT2D eigenvalue weighted by Crippen LogP contribution is -3.00. The summed E-state index contributed by atoms with van der Waals surface area (Å²) in [6, 6.07) is 1.81. The summed E-state index contributed by atoms with van der Waals surface area (Å²) in [5, 5.41) is 0.834. The van der Waals surface area contributed by atoms with Crippen LogP contribution in [0.5, 0.6) is 0 Å². The monoisotopic (exact) mass is 204 g/mol. The Morgan fingerprint density at radius 3 is 2.58 bits per heavy atom. The molecule has 0 amide bonds. The summed E-state index contributed by atoms with van der Waals surface area (Å²) in [4.78, 5) is 8.12. The van der Waals surface area contributed by atoms with Gasteiger partial charge in [0.1, 0.15) is 0 Å². The molecule has 0 bridgehead atoms. The summed E-state index contributed by atoms with van der Waals surface area (Å²) >= 11 is 1.64. The number of nitrogens with two attached hydrogens (primary N) is 1. The Morgan fingerprint density at radius 2 is 2.00 bits per heavy atom. The maximum absolute atomic E-state index is 5.34. The van der Waals surface area contributed by atoms with E-state index in [4.69, 9.17) is 5.73 Å². The molecule has 0 spiro atoms. The topological polar surface area (TPSA) is 51.8 Å². The first kappa shape index (κ1) is 11.7. The van der Waals surface area contributed by atoms with Gasteiger partial charge in [-0.3, -0.25) is 0 Å². The summed E-state index contributed by atoms with van der Waals surface area (Å²) in [6.45, 7) is 0.736. The largest absolute Gasteiger partial charge is 1.00 e. The number of nitrogens with zero attached hydrogens (tertiary/aromatic N) is 2. The van der Waals surface area contributed by atoms with E-state index in [1.54, 1.807) is 24.2 Å². The summed E-state index contributed by atoms with van der Waals surface area (Å²) in [6.07, 6.45) is 4.51. The predicted octanol–water partition coefficient (Wildman–Crippen LogP) is -2.08. The van der Waals surface area contributed by atoms with Gasteiger partial charge in [-0.05, 0) is 19.0 Å². The molecule has 1 rings (SSSR count). The van der Waals surface area contributed by atoms with Gasteiger partial charge in [-0.15, -0.1) is 0 Å². The molecule has 0 aliphatic carbocycles. The van der Waals surface area contributed by atoms with E-state index >= 15 is 0 Å². The molecule has 1 aromatic heterocycles. The van der Waals surface area contributed by atoms with Crippen molar-refractivity contribution in [3.63, 3.8) is 0 Å². The zero-order valence-corrected chi connectivity index (χ0v) is 8.18. The summed E-state index contributed by atoms with van der Waals surface area (Å²) in [5.41, 5.74) is 5.34. The van der Waals surface area contributed by atoms with Crippen LogP contribution in [0.2, 0.25) is 0 Å². The standard InChI is InChI=1S/C7H11N3S.ClH/c8-3-1-6-11-7-9-4-2-5-10-7;/h2,4-5H,1,3,6,8H2;1H/p-1. The van der Waals surface area contributed by atoms with Gasteiger partial charge >= 0.3 is 0 Å². The number of rotatable bonds is 4. The highest BCUT2D eigenvalue weighted by atomic mass is 35.5. The number of aromatic nitrogens is 2. The van der Waals surface area contributed by atoms with E-state index in [9.17, 15) is 0 Å². The van der Waals surface area contributed by atoms with E-state index in [2.05, 4.69) is 9.97 Å². The number of hydrogen-bond acceptors (Lipinski definition) is 4. The summed E-state index contributed by atoms with van der Waals surface area (Å²) in [7, 11) is 0. The molecular formula is C7H11ClN3S-. The fraction of sp³-hybridized carbons (Fsp3) is 0.429. The molecular weight excluding hydrogens is 194 g/mol. The van der Waals surface area contributed by atoms with Gasteiger partial charge in [0.15, 0.2) is 5.16 Å². The highest BCUT2D eigenvalue weighted by molar-refractivity contribution is 7.99. The average Bonchev–Trinajstić information content (AvgIpc) is 2.07. The molecule has 0 aliphatic heterocycles. The zero-order valence-electron chi connectivity index (χ0n) is 6.61. The molecule has 1 heterocycles. The molecule has 0 saturated heterocycles. The number of hydrogen-bond donors (Lipinski definition) is 1. The van der Waals surface area contributed by atoms with Crippen molar-refractivity contribution in [3.05, 3.63) is 18.5 Å². The molecule has 1 aromatic rings. The van der Waals surface area contributed by atoms with Gasteiger partial charge in [0.25, 0.3) is 0 Å². The molecule has 0 atom stereocenters. The van der Waals surface area contributed by atoms with Crippen molar-refractivity contribution in [2.75, 3.05) is 12.3 Å². The van der Waals surface area contributed by atoms with Gasteiger partial charge in [-0.25, -0.2) is 9.97 Å². The second kappa shape index (κ2) is 7.34. The van der Waals surface area contributed by atoms with Gasteiger partial charge in [0, 0.05) is 18.1 Å². The van der Waals surface area contributed by atoms with E-state index < -0.39 is 0 Å². The normalized spacial score (nSPS) is 9.08. The first-order valence-electron chi connectivity index (χ1n) is 3.53. The minimum Gasteiger partial charge on any atom is -1.00 e. The van der Waals surface area contributed by atoms with Crippen molar-refractivity contribution in [3.8, 4) is 0 Å². The highest BCUT2D eigenvalue weighted by Crippen LogP contribution is 2.10. The fourth-order valence-electron chi connectivity index (χ4n) is 0.607. The van der Waals surface area contributed by atoms with Crippen molar-refractivity contribution >= 4 is 11.8 Å². The van der Waals surface area contributed by atoms with Crippen LogP contribution in [0, 0.1) is 0 Å². The fourth-order valence-corrected chi connectivity index (χ4v) is 1.37. The predicted molar refractivity (Wildman–Crippen MR) is 46.4 cm³/mol. The molecule has 0 fully saturated rings. The molecule has 5 heteroatoms. The van der Waals surface area contributed by atoms with Crippen molar-refractivity contribution < 1.29 is 12.4 Å². The minimum absolute atomic E-state index is 0. The lowest BCUT2D eigenvalue weighted by Gasteiger charge is -1.95. The van der Waals surface area contributed by atoms with Gasteiger partial charge in [-0.1, -0.05) is 11.8 Å². The van der Waals surface area contributed by atoms with Crippen LogP contribution in [0.3, 0.4) is 0 Å². The average molecular weight is 205 g/mol. The molecule has 12 heavy (non-hydrogen) atoms. The van der Waals surface area contributed by atoms with Crippen LogP contribution in [0.4, 0.5) is 0 Å². The van der Waals surface area contributed by atoms with Crippen molar-refractivity contribution in [1.82, 2.24) is 9.97 Å². The molecule has 3 nitrogen and oxygen atoms in total. The molecule has 0 saturated carbocycles. The van der Waals surface area contributed by atoms with E-state index in [1.165, 1.54) is 0 Å². The second-order valence-corrected chi connectivity index (χ2v) is 3.08. The van der Waals surface area contributed by atoms with Crippen LogP contribution < -0.4 is 18.1 Å². The molecule has 0 aliphatic rings. The van der Waals surface area contributed by atoms with Crippen molar-refractivity contribution in [2.45, 2.75) is 11.6 Å². The molecule has 0 radical (unpaired) electrons. The molecule has 68 valence electrons. The smallest absolute Gasteiger partial charge is 0.187 e. The number of thioether (sulfide) groups is 1. The maximum atomic E-state index is 5.34. The molecule has 2 N–H and O–H groups in total. The Balaban J connectivity index is 0.00000121. The third kappa shape index (κ3) is 4.54. The van der Waals surface area contributed by atoms with E-state index in [1.807, 2.05) is 6.07 Å². The second-order valence-electron chi connectivity index (χ2n) is 2.02. The summed E-state index contributed by atoms with van der Waals surface area (Å²) in [5.74, 6) is 1.00. The lowest BCUT2D eigenvalue weighted by molar-refractivity contribution is -0.00000245. The Morgan fingerprint density at radius 1 is 1.33 bits per heavy atom. The quantitative estimate of drug-likeness (QED) is 0.348. The maximum Gasteiger partial charge on any atom is 0.187 e. The Bertz CT molecular complexity index is 195. The van der Waals surface area contributed by atoms with E-state index in [-0.39, 0.29) is 12.4 Å². The molecule has 0 unspecified atom stereocenters. The van der Waals surface area contributed by atoms with E-state index in [0.717, 1.165) is 23.9 Å². The van der Waals surface area contributed by atoms with Crippen LogP contribution >= 0.6 is 11.8 Å². The van der Waals surface area contributed by atoms with Gasteiger partial charge in [-0.2, -0.15) is 0 Å². The van der Waals surface area contributed by atoms with Crippen LogP contribution in [0.1, 0.15) is 6.42 Å². The Labute approximate surface area is 82.6 Å². The number of halogens is 1. The zero-order chi connectivity index (χ0) is 7.94. The third-order valence-electron chi connectivity index (χ3n) is 1.12. The first-order valence-corrected chi connectivity index (χ1v) is 4.52. The van der Waals surface area contributed by atoms with Gasteiger partial charge < -0.3 is 18.1 Å². The Kier molecular flexibility index (Phi) is 7.14. The van der Waals surface area contributed by atoms with Gasteiger partial charge in [0.05, 0.1) is 0 Å². The third-order valence-corrected chi connectivity index (χ3v) is 2.08. The first-order chi connectivity index (χ1) is 5.43. The van der Waals surface area contributed by atoms with Crippen molar-refractivity contribution in [2.24, 2.45) is 5.73 Å². The van der Waals surface area contributed by atoms with E-state index in [0.29, 0.717) is 0 Å². The van der Waals surface area contributed by atoms with Crippen molar-refractivity contribution in [1.29, 1.82) is 0 Å². The SMILES string of the molecule is NCCCSc1ncccn1.[Cl-]. The lowest BCUT2D eigenvalue weighted by atomic mass is 10.5. The highest BCUT2D eigenvalue weighted by Gasteiger charge is 1.92. The van der Waals surface area contributed by atoms with Crippen LogP contribution in [0.15, 0.2) is 23.6 Å². The minimum atomic E-state index is 0.